The lowest BCUT2D eigenvalue weighted by atomic mass is 10.00. The van der Waals surface area contributed by atoms with E-state index in [1.54, 1.807) is 26.4 Å². The zero-order valence-corrected chi connectivity index (χ0v) is 20.1. The topological polar surface area (TPSA) is 48.1 Å². The van der Waals surface area contributed by atoms with Gasteiger partial charge in [0.05, 0.1) is 19.9 Å². The predicted molar refractivity (Wildman–Crippen MR) is 137 cm³/mol. The van der Waals surface area contributed by atoms with Crippen LogP contribution in [0.1, 0.15) is 5.56 Å². The number of rotatable bonds is 7. The van der Waals surface area contributed by atoms with E-state index in [2.05, 4.69) is 0 Å². The number of halogens is 1. The zero-order valence-electron chi connectivity index (χ0n) is 20.1. The van der Waals surface area contributed by atoms with Crippen LogP contribution >= 0.6 is 0 Å². The molecule has 2 heterocycles. The molecule has 0 spiro atoms. The Morgan fingerprint density at radius 2 is 1.28 bits per heavy atom. The van der Waals surface area contributed by atoms with E-state index in [-0.39, 0.29) is 5.82 Å². The third-order valence-corrected chi connectivity index (χ3v) is 5.98. The Labute approximate surface area is 209 Å². The molecule has 0 saturated carbocycles. The van der Waals surface area contributed by atoms with Gasteiger partial charge in [0.25, 0.3) is 0 Å². The van der Waals surface area contributed by atoms with Crippen molar-refractivity contribution in [2.45, 2.75) is 6.54 Å². The molecule has 0 saturated heterocycles. The minimum absolute atomic E-state index is 0.234. The molecule has 0 N–H and O–H groups in total. The second-order valence-electron chi connectivity index (χ2n) is 8.30. The molecule has 5 aromatic rings. The normalized spacial score (nSPS) is 10.8. The molecule has 0 bridgehead atoms. The molecule has 0 aliphatic rings. The third-order valence-electron chi connectivity index (χ3n) is 5.98. The maximum atomic E-state index is 13.2. The van der Waals surface area contributed by atoms with E-state index in [0.717, 1.165) is 45.0 Å². The lowest BCUT2D eigenvalue weighted by molar-refractivity contribution is -0.688. The van der Waals surface area contributed by atoms with Crippen molar-refractivity contribution in [1.82, 2.24) is 9.97 Å². The molecule has 0 atom stereocenters. The van der Waals surface area contributed by atoms with Crippen LogP contribution in [0.4, 0.5) is 4.39 Å². The van der Waals surface area contributed by atoms with Crippen molar-refractivity contribution < 1.29 is 18.4 Å². The third kappa shape index (κ3) is 5.08. The van der Waals surface area contributed by atoms with E-state index in [1.165, 1.54) is 12.1 Å². The number of nitrogens with zero attached hydrogens (tertiary/aromatic N) is 3. The number of hydrogen-bond acceptors (Lipinski definition) is 4. The van der Waals surface area contributed by atoms with Gasteiger partial charge in [-0.05, 0) is 66.2 Å². The van der Waals surface area contributed by atoms with Gasteiger partial charge >= 0.3 is 0 Å². The molecular formula is C30H25FN3O2+. The number of aromatic nitrogens is 3. The van der Waals surface area contributed by atoms with Crippen molar-refractivity contribution in [2.75, 3.05) is 14.2 Å². The minimum Gasteiger partial charge on any atom is -0.497 e. The Morgan fingerprint density at radius 1 is 0.694 bits per heavy atom. The summed E-state index contributed by atoms with van der Waals surface area (Å²) in [5.41, 5.74) is 5.65. The standard InChI is InChI=1S/C30H25FN3O2/c1-35-26-11-5-22(6-12-26)28-19-32-30(33-29(28)23-7-13-27(36-2)14-8-23)24-15-17-34(18-16-24)20-21-3-9-25(31)10-4-21/h3-19H,20H2,1-2H3/q+1. The van der Waals surface area contributed by atoms with Crippen molar-refractivity contribution in [1.29, 1.82) is 0 Å². The fourth-order valence-electron chi connectivity index (χ4n) is 3.98. The fourth-order valence-corrected chi connectivity index (χ4v) is 3.98. The van der Waals surface area contributed by atoms with Gasteiger partial charge in [-0.1, -0.05) is 12.1 Å². The lowest BCUT2D eigenvalue weighted by Crippen LogP contribution is -2.33. The zero-order chi connectivity index (χ0) is 24.9. The highest BCUT2D eigenvalue weighted by Crippen LogP contribution is 2.33. The highest BCUT2D eigenvalue weighted by Gasteiger charge is 2.14. The molecule has 36 heavy (non-hydrogen) atoms. The summed E-state index contributed by atoms with van der Waals surface area (Å²) in [4.78, 5) is 9.67. The van der Waals surface area contributed by atoms with Gasteiger partial charge in [0, 0.05) is 40.6 Å². The molecule has 0 aliphatic carbocycles. The van der Waals surface area contributed by atoms with Crippen LogP contribution in [0, 0.1) is 5.82 Å². The van der Waals surface area contributed by atoms with Gasteiger partial charge in [-0.25, -0.2) is 18.9 Å². The number of benzene rings is 3. The van der Waals surface area contributed by atoms with E-state index in [9.17, 15) is 4.39 Å². The maximum absolute atomic E-state index is 13.2. The molecule has 2 aromatic heterocycles. The molecule has 3 aromatic carbocycles. The second-order valence-corrected chi connectivity index (χ2v) is 8.30. The van der Waals surface area contributed by atoms with Crippen molar-refractivity contribution in [3.63, 3.8) is 0 Å². The molecule has 0 radical (unpaired) electrons. The van der Waals surface area contributed by atoms with Gasteiger partial charge in [0.15, 0.2) is 24.8 Å². The highest BCUT2D eigenvalue weighted by molar-refractivity contribution is 5.81. The first-order chi connectivity index (χ1) is 17.6. The summed E-state index contributed by atoms with van der Waals surface area (Å²) in [5.74, 6) is 1.97. The van der Waals surface area contributed by atoms with Gasteiger partial charge in [-0.2, -0.15) is 0 Å². The van der Waals surface area contributed by atoms with E-state index >= 15 is 0 Å². The van der Waals surface area contributed by atoms with Gasteiger partial charge < -0.3 is 9.47 Å². The molecular weight excluding hydrogens is 453 g/mol. The Kier molecular flexibility index (Phi) is 6.67. The smallest absolute Gasteiger partial charge is 0.173 e. The van der Waals surface area contributed by atoms with E-state index < -0.39 is 0 Å². The SMILES string of the molecule is COc1ccc(-c2cnc(-c3cc[n+](Cc4ccc(F)cc4)cc3)nc2-c2ccc(OC)cc2)cc1. The molecule has 6 heteroatoms. The molecule has 0 unspecified atom stereocenters. The number of ether oxygens (including phenoxy) is 2. The maximum Gasteiger partial charge on any atom is 0.173 e. The lowest BCUT2D eigenvalue weighted by Gasteiger charge is -2.12. The molecule has 178 valence electrons. The van der Waals surface area contributed by atoms with Crippen molar-refractivity contribution in [2.24, 2.45) is 0 Å². The van der Waals surface area contributed by atoms with Crippen LogP contribution in [0.5, 0.6) is 11.5 Å². The predicted octanol–water partition coefficient (Wildman–Crippen LogP) is 5.97. The summed E-state index contributed by atoms with van der Waals surface area (Å²) in [7, 11) is 3.30. The van der Waals surface area contributed by atoms with Crippen molar-refractivity contribution >= 4 is 0 Å². The van der Waals surface area contributed by atoms with Gasteiger partial charge in [0.2, 0.25) is 0 Å². The summed E-state index contributed by atoms with van der Waals surface area (Å²) < 4.78 is 25.9. The van der Waals surface area contributed by atoms with Gasteiger partial charge in [0.1, 0.15) is 17.3 Å². The van der Waals surface area contributed by atoms with Crippen molar-refractivity contribution in [3.05, 3.63) is 115 Å². The largest absolute Gasteiger partial charge is 0.497 e. The average Bonchev–Trinajstić information content (AvgIpc) is 2.94. The first-order valence-corrected chi connectivity index (χ1v) is 11.5. The van der Waals surface area contributed by atoms with Crippen LogP contribution < -0.4 is 14.0 Å². The highest BCUT2D eigenvalue weighted by atomic mass is 19.1. The van der Waals surface area contributed by atoms with Gasteiger partial charge in [-0.3, -0.25) is 0 Å². The van der Waals surface area contributed by atoms with E-state index in [0.29, 0.717) is 12.4 Å². The summed E-state index contributed by atoms with van der Waals surface area (Å²) >= 11 is 0. The molecule has 0 fully saturated rings. The Morgan fingerprint density at radius 3 is 1.86 bits per heavy atom. The van der Waals surface area contributed by atoms with E-state index in [1.807, 2.05) is 83.8 Å². The first kappa shape index (κ1) is 23.2. The summed E-state index contributed by atoms with van der Waals surface area (Å²) in [5, 5.41) is 0. The van der Waals surface area contributed by atoms with Crippen LogP contribution in [0.2, 0.25) is 0 Å². The molecule has 5 rings (SSSR count). The number of pyridine rings is 1. The molecule has 0 aliphatic heterocycles. The van der Waals surface area contributed by atoms with Gasteiger partial charge in [-0.15, -0.1) is 0 Å². The Hall–Kier alpha value is -4.58. The van der Waals surface area contributed by atoms with Crippen LogP contribution in [0.25, 0.3) is 33.8 Å². The second kappa shape index (κ2) is 10.4. The van der Waals surface area contributed by atoms with E-state index in [4.69, 9.17) is 19.4 Å². The quantitative estimate of drug-likeness (QED) is 0.271. The summed E-state index contributed by atoms with van der Waals surface area (Å²) in [6.45, 7) is 0.648. The number of hydrogen-bond donors (Lipinski definition) is 0. The average molecular weight is 479 g/mol. The Bertz CT molecular complexity index is 1450. The van der Waals surface area contributed by atoms with Crippen molar-refractivity contribution in [3.8, 4) is 45.3 Å². The monoisotopic (exact) mass is 478 g/mol. The molecule has 0 amide bonds. The van der Waals surface area contributed by atoms with Crippen LogP contribution in [-0.2, 0) is 6.54 Å². The minimum atomic E-state index is -0.234. The summed E-state index contributed by atoms with van der Waals surface area (Å²) in [6, 6.07) is 26.2. The fraction of sp³-hybridized carbons (Fsp3) is 0.100. The van der Waals surface area contributed by atoms with Crippen LogP contribution in [0.3, 0.4) is 0 Å². The molecule has 5 nitrogen and oxygen atoms in total. The summed E-state index contributed by atoms with van der Waals surface area (Å²) in [6.07, 6.45) is 5.82. The van der Waals surface area contributed by atoms with Crippen LogP contribution in [0.15, 0.2) is 104 Å². The first-order valence-electron chi connectivity index (χ1n) is 11.5. The number of methoxy groups -OCH3 is 2. The van der Waals surface area contributed by atoms with Crippen LogP contribution in [-0.4, -0.2) is 24.2 Å². The Balaban J connectivity index is 1.50.